The lowest BCUT2D eigenvalue weighted by atomic mass is 10.0. The Morgan fingerprint density at radius 3 is 2.89 bits per heavy atom. The zero-order valence-electron chi connectivity index (χ0n) is 14.7. The van der Waals surface area contributed by atoms with Crippen molar-refractivity contribution in [2.45, 2.75) is 12.8 Å². The summed E-state index contributed by atoms with van der Waals surface area (Å²) in [5.74, 6) is 0.546. The number of hydrogen-bond donors (Lipinski definition) is 0. The molecular formula is C21H19NO5. The van der Waals surface area contributed by atoms with Crippen molar-refractivity contribution in [2.75, 3.05) is 24.8 Å². The first-order chi connectivity index (χ1) is 13.2. The number of nitrogens with zero attached hydrogens (tertiary/aromatic N) is 1. The molecule has 0 radical (unpaired) electrons. The van der Waals surface area contributed by atoms with Crippen LogP contribution in [-0.2, 0) is 20.7 Å². The lowest BCUT2D eigenvalue weighted by molar-refractivity contribution is -0.142. The van der Waals surface area contributed by atoms with E-state index >= 15 is 0 Å². The molecule has 6 nitrogen and oxygen atoms in total. The lowest BCUT2D eigenvalue weighted by Crippen LogP contribution is -2.38. The summed E-state index contributed by atoms with van der Waals surface area (Å²) in [7, 11) is 0. The van der Waals surface area contributed by atoms with Crippen molar-refractivity contribution in [3.63, 3.8) is 0 Å². The minimum atomic E-state index is -0.564. The van der Waals surface area contributed by atoms with E-state index < -0.39 is 5.97 Å². The van der Waals surface area contributed by atoms with Gasteiger partial charge in [0.2, 0.25) is 6.79 Å². The number of amides is 1. The molecule has 4 rings (SSSR count). The fraction of sp³-hybridized carbons (Fsp3) is 0.238. The Bertz CT molecular complexity index is 905. The van der Waals surface area contributed by atoms with Gasteiger partial charge in [0.05, 0.1) is 0 Å². The maximum atomic E-state index is 12.5. The second-order valence-electron chi connectivity index (χ2n) is 6.33. The number of carbonyl (C=O) groups excluding carboxylic acids is 2. The first kappa shape index (κ1) is 17.1. The largest absolute Gasteiger partial charge is 0.454 e. The quantitative estimate of drug-likeness (QED) is 0.616. The van der Waals surface area contributed by atoms with E-state index in [9.17, 15) is 9.59 Å². The molecule has 2 aromatic carbocycles. The molecule has 0 unspecified atom stereocenters. The fourth-order valence-corrected chi connectivity index (χ4v) is 3.23. The monoisotopic (exact) mass is 365 g/mol. The zero-order valence-corrected chi connectivity index (χ0v) is 14.7. The predicted octanol–water partition coefficient (Wildman–Crippen LogP) is 2.95. The Labute approximate surface area is 156 Å². The van der Waals surface area contributed by atoms with Crippen LogP contribution < -0.4 is 14.4 Å². The van der Waals surface area contributed by atoms with Gasteiger partial charge in [0.15, 0.2) is 18.1 Å². The van der Waals surface area contributed by atoms with E-state index in [1.54, 1.807) is 23.1 Å². The summed E-state index contributed by atoms with van der Waals surface area (Å²) in [5.41, 5.74) is 2.83. The van der Waals surface area contributed by atoms with Crippen molar-refractivity contribution in [1.29, 1.82) is 0 Å². The second-order valence-corrected chi connectivity index (χ2v) is 6.33. The van der Waals surface area contributed by atoms with E-state index in [0.717, 1.165) is 29.7 Å². The molecule has 0 spiro atoms. The van der Waals surface area contributed by atoms with E-state index in [-0.39, 0.29) is 19.3 Å². The van der Waals surface area contributed by atoms with Gasteiger partial charge >= 0.3 is 5.97 Å². The molecule has 0 saturated heterocycles. The number of hydrogen-bond acceptors (Lipinski definition) is 5. The molecule has 0 aromatic heterocycles. The van der Waals surface area contributed by atoms with Gasteiger partial charge in [-0.05, 0) is 48.2 Å². The van der Waals surface area contributed by atoms with Crippen molar-refractivity contribution in [2.24, 2.45) is 0 Å². The molecule has 0 bridgehead atoms. The molecule has 27 heavy (non-hydrogen) atoms. The second kappa shape index (κ2) is 7.53. The first-order valence-electron chi connectivity index (χ1n) is 8.83. The van der Waals surface area contributed by atoms with Crippen LogP contribution in [0.1, 0.15) is 17.5 Å². The highest BCUT2D eigenvalue weighted by Gasteiger charge is 2.22. The molecule has 0 N–H and O–H groups in total. The molecule has 0 atom stereocenters. The van der Waals surface area contributed by atoms with Gasteiger partial charge in [-0.3, -0.25) is 4.79 Å². The lowest BCUT2D eigenvalue weighted by Gasteiger charge is -2.29. The Hall–Kier alpha value is -3.28. The van der Waals surface area contributed by atoms with Gasteiger partial charge in [-0.15, -0.1) is 0 Å². The smallest absolute Gasteiger partial charge is 0.331 e. The van der Waals surface area contributed by atoms with Gasteiger partial charge in [-0.25, -0.2) is 4.79 Å². The molecular weight excluding hydrogens is 346 g/mol. The molecule has 0 saturated carbocycles. The number of fused-ring (bicyclic) bond motifs is 2. The first-order valence-corrected chi connectivity index (χ1v) is 8.83. The van der Waals surface area contributed by atoms with Crippen LogP contribution in [-0.4, -0.2) is 31.8 Å². The van der Waals surface area contributed by atoms with Crippen LogP contribution in [0, 0.1) is 0 Å². The third-order valence-electron chi connectivity index (χ3n) is 4.56. The maximum Gasteiger partial charge on any atom is 0.331 e. The van der Waals surface area contributed by atoms with Crippen molar-refractivity contribution in [3.8, 4) is 11.5 Å². The Balaban J connectivity index is 1.34. The summed E-state index contributed by atoms with van der Waals surface area (Å²) < 4.78 is 15.7. The molecule has 2 aliphatic rings. The number of benzene rings is 2. The molecule has 0 fully saturated rings. The third-order valence-corrected chi connectivity index (χ3v) is 4.56. The number of ether oxygens (including phenoxy) is 3. The Morgan fingerprint density at radius 1 is 1.11 bits per heavy atom. The Kier molecular flexibility index (Phi) is 4.78. The summed E-state index contributed by atoms with van der Waals surface area (Å²) >= 11 is 0. The molecule has 0 aliphatic carbocycles. The number of rotatable bonds is 4. The summed E-state index contributed by atoms with van der Waals surface area (Å²) in [6.07, 6.45) is 4.78. The highest BCUT2D eigenvalue weighted by molar-refractivity contribution is 5.97. The summed E-state index contributed by atoms with van der Waals surface area (Å²) in [5, 5.41) is 0. The highest BCUT2D eigenvalue weighted by atomic mass is 16.7. The molecule has 6 heteroatoms. The average molecular weight is 365 g/mol. The highest BCUT2D eigenvalue weighted by Crippen LogP contribution is 2.32. The van der Waals surface area contributed by atoms with Gasteiger partial charge in [-0.1, -0.05) is 24.3 Å². The molecule has 1 amide bonds. The van der Waals surface area contributed by atoms with E-state index in [2.05, 4.69) is 0 Å². The number of aryl methyl sites for hydroxylation is 1. The van der Waals surface area contributed by atoms with Crippen molar-refractivity contribution in [1.82, 2.24) is 0 Å². The third kappa shape index (κ3) is 3.79. The van der Waals surface area contributed by atoms with Crippen molar-refractivity contribution < 1.29 is 23.8 Å². The maximum absolute atomic E-state index is 12.5. The molecule has 2 aromatic rings. The van der Waals surface area contributed by atoms with E-state index in [1.807, 2.05) is 30.3 Å². The van der Waals surface area contributed by atoms with Gasteiger partial charge in [0, 0.05) is 18.3 Å². The molecule has 138 valence electrons. The van der Waals surface area contributed by atoms with Crippen LogP contribution in [0.5, 0.6) is 11.5 Å². The standard InChI is InChI=1S/C21H19NO5/c23-20(22-11-3-5-16-4-1-2-6-17(16)22)13-25-21(24)10-8-15-7-9-18-19(12-15)27-14-26-18/h1-2,4,6-10,12H,3,5,11,13-14H2. The minimum Gasteiger partial charge on any atom is -0.454 e. The van der Waals surface area contributed by atoms with Crippen LogP contribution in [0.4, 0.5) is 5.69 Å². The van der Waals surface area contributed by atoms with Crippen molar-refractivity contribution >= 4 is 23.6 Å². The van der Waals surface area contributed by atoms with Gasteiger partial charge in [0.1, 0.15) is 0 Å². The predicted molar refractivity (Wildman–Crippen MR) is 99.7 cm³/mol. The molecule has 2 heterocycles. The van der Waals surface area contributed by atoms with E-state index in [1.165, 1.54) is 6.08 Å². The number of carbonyl (C=O) groups is 2. The van der Waals surface area contributed by atoms with Crippen molar-refractivity contribution in [3.05, 3.63) is 59.7 Å². The van der Waals surface area contributed by atoms with Crippen LogP contribution in [0.25, 0.3) is 6.08 Å². The number of esters is 1. The van der Waals surface area contributed by atoms with E-state index in [4.69, 9.17) is 14.2 Å². The SMILES string of the molecule is O=C(C=Cc1ccc2c(c1)OCO2)OCC(=O)N1CCCc2ccccc21. The van der Waals surface area contributed by atoms with Crippen LogP contribution in [0.3, 0.4) is 0 Å². The topological polar surface area (TPSA) is 65.1 Å². The summed E-state index contributed by atoms with van der Waals surface area (Å²) in [6.45, 7) is 0.561. The van der Waals surface area contributed by atoms with Gasteiger partial charge < -0.3 is 19.1 Å². The van der Waals surface area contributed by atoms with Crippen LogP contribution >= 0.6 is 0 Å². The Morgan fingerprint density at radius 2 is 1.96 bits per heavy atom. The summed E-state index contributed by atoms with van der Waals surface area (Å²) in [4.78, 5) is 26.1. The van der Waals surface area contributed by atoms with Gasteiger partial charge in [0.25, 0.3) is 5.91 Å². The minimum absolute atomic E-state index is 0.201. The molecule has 2 aliphatic heterocycles. The zero-order chi connectivity index (χ0) is 18.6. The van der Waals surface area contributed by atoms with E-state index in [0.29, 0.717) is 18.0 Å². The normalized spacial score (nSPS) is 14.9. The number of anilines is 1. The van der Waals surface area contributed by atoms with Crippen LogP contribution in [0.2, 0.25) is 0 Å². The number of para-hydroxylation sites is 1. The average Bonchev–Trinajstić information content (AvgIpc) is 3.18. The summed E-state index contributed by atoms with van der Waals surface area (Å²) in [6, 6.07) is 13.2. The fourth-order valence-electron chi connectivity index (χ4n) is 3.23. The van der Waals surface area contributed by atoms with Crippen LogP contribution in [0.15, 0.2) is 48.5 Å². The van der Waals surface area contributed by atoms with Gasteiger partial charge in [-0.2, -0.15) is 0 Å².